The van der Waals surface area contributed by atoms with Gasteiger partial charge in [-0.05, 0) is 41.0 Å². The first-order chi connectivity index (χ1) is 14.6. The van der Waals surface area contributed by atoms with E-state index in [1.54, 1.807) is 24.3 Å². The fourth-order valence-electron chi connectivity index (χ4n) is 2.71. The van der Waals surface area contributed by atoms with E-state index in [9.17, 15) is 4.79 Å². The Kier molecular flexibility index (Phi) is 6.69. The zero-order valence-electron chi connectivity index (χ0n) is 15.5. The molecule has 4 rings (SSSR count). The molecule has 0 aliphatic carbocycles. The molecule has 0 aliphatic heterocycles. The Morgan fingerprint density at radius 3 is 2.40 bits per heavy atom. The first-order valence-corrected chi connectivity index (χ1v) is 11.5. The van der Waals surface area contributed by atoms with Crippen LogP contribution in [0.4, 0.5) is 5.13 Å². The van der Waals surface area contributed by atoms with Gasteiger partial charge in [0.1, 0.15) is 0 Å². The van der Waals surface area contributed by atoms with Gasteiger partial charge in [0.15, 0.2) is 4.34 Å². The van der Waals surface area contributed by atoms with Gasteiger partial charge in [-0.2, -0.15) is 0 Å². The minimum atomic E-state index is -0.219. The number of halogens is 2. The molecule has 0 saturated carbocycles. The highest BCUT2D eigenvalue weighted by molar-refractivity contribution is 8.00. The van der Waals surface area contributed by atoms with Crippen molar-refractivity contribution in [2.45, 2.75) is 10.1 Å². The second kappa shape index (κ2) is 9.62. The Hall–Kier alpha value is -2.38. The molecule has 0 unspecified atom stereocenters. The summed E-state index contributed by atoms with van der Waals surface area (Å²) < 4.78 is 0.746. The number of rotatable bonds is 6. The Morgan fingerprint density at radius 2 is 1.67 bits per heavy atom. The van der Waals surface area contributed by atoms with Gasteiger partial charge in [0.05, 0.1) is 0 Å². The Labute approximate surface area is 192 Å². The van der Waals surface area contributed by atoms with Gasteiger partial charge in [-0.25, -0.2) is 0 Å². The molecule has 1 N–H and O–H groups in total. The smallest absolute Gasteiger partial charge is 0.257 e. The highest BCUT2D eigenvalue weighted by Crippen LogP contribution is 2.31. The molecule has 0 radical (unpaired) electrons. The molecule has 1 aromatic heterocycles. The van der Waals surface area contributed by atoms with Crippen LogP contribution in [0.5, 0.6) is 0 Å². The van der Waals surface area contributed by atoms with Crippen molar-refractivity contribution >= 4 is 57.3 Å². The normalized spacial score (nSPS) is 10.7. The first kappa shape index (κ1) is 20.9. The van der Waals surface area contributed by atoms with Gasteiger partial charge in [0.25, 0.3) is 5.91 Å². The standard InChI is InChI=1S/C22H15Cl2N3OS2/c23-18-11-10-17(19(24)12-18)13-29-22-27-26-21(30-22)25-20(28)16-8-6-15(7-9-16)14-4-2-1-3-5-14/h1-12H,13H2,(H,25,26,28). The van der Waals surface area contributed by atoms with E-state index in [0.717, 1.165) is 21.0 Å². The highest BCUT2D eigenvalue weighted by Gasteiger charge is 2.12. The third-order valence-electron chi connectivity index (χ3n) is 4.25. The molecule has 1 heterocycles. The number of aromatic nitrogens is 2. The molecule has 3 aromatic carbocycles. The maximum atomic E-state index is 12.5. The van der Waals surface area contributed by atoms with Crippen molar-refractivity contribution in [3.63, 3.8) is 0 Å². The second-order valence-electron chi connectivity index (χ2n) is 6.30. The summed E-state index contributed by atoms with van der Waals surface area (Å²) >= 11 is 15.0. The third-order valence-corrected chi connectivity index (χ3v) is 6.86. The quantitative estimate of drug-likeness (QED) is 0.241. The number of nitrogens with zero attached hydrogens (tertiary/aromatic N) is 2. The van der Waals surface area contributed by atoms with Crippen molar-refractivity contribution in [3.8, 4) is 11.1 Å². The maximum Gasteiger partial charge on any atom is 0.257 e. The Bertz CT molecular complexity index is 1160. The summed E-state index contributed by atoms with van der Waals surface area (Å²) in [6, 6.07) is 22.9. The molecule has 0 spiro atoms. The van der Waals surface area contributed by atoms with E-state index in [-0.39, 0.29) is 5.91 Å². The lowest BCUT2D eigenvalue weighted by Gasteiger charge is -2.04. The lowest BCUT2D eigenvalue weighted by atomic mass is 10.0. The molecule has 0 aliphatic rings. The number of hydrogen-bond donors (Lipinski definition) is 1. The first-order valence-electron chi connectivity index (χ1n) is 8.95. The molecule has 150 valence electrons. The molecule has 4 nitrogen and oxygen atoms in total. The lowest BCUT2D eigenvalue weighted by Crippen LogP contribution is -2.11. The molecule has 0 bridgehead atoms. The highest BCUT2D eigenvalue weighted by atomic mass is 35.5. The van der Waals surface area contributed by atoms with Crippen LogP contribution in [0.25, 0.3) is 11.1 Å². The predicted octanol–water partition coefficient (Wildman–Crippen LogP) is 7.06. The number of benzene rings is 3. The summed E-state index contributed by atoms with van der Waals surface area (Å²) in [6.45, 7) is 0. The Balaban J connectivity index is 1.36. The number of nitrogens with one attached hydrogen (secondary N) is 1. The Morgan fingerprint density at radius 1 is 0.933 bits per heavy atom. The van der Waals surface area contributed by atoms with E-state index >= 15 is 0 Å². The summed E-state index contributed by atoms with van der Waals surface area (Å²) in [4.78, 5) is 12.5. The molecular weight excluding hydrogens is 457 g/mol. The molecule has 1 amide bonds. The van der Waals surface area contributed by atoms with Gasteiger partial charge in [0.2, 0.25) is 5.13 Å². The number of carbonyl (C=O) groups is 1. The van der Waals surface area contributed by atoms with Crippen LogP contribution in [-0.2, 0) is 5.75 Å². The molecule has 0 atom stereocenters. The van der Waals surface area contributed by atoms with Crippen LogP contribution < -0.4 is 5.32 Å². The zero-order valence-corrected chi connectivity index (χ0v) is 18.7. The van der Waals surface area contributed by atoms with Crippen molar-refractivity contribution in [1.82, 2.24) is 10.2 Å². The van der Waals surface area contributed by atoms with Crippen molar-refractivity contribution < 1.29 is 4.79 Å². The SMILES string of the molecule is O=C(Nc1nnc(SCc2ccc(Cl)cc2Cl)s1)c1ccc(-c2ccccc2)cc1. The molecule has 0 saturated heterocycles. The van der Waals surface area contributed by atoms with Gasteiger partial charge < -0.3 is 0 Å². The number of anilines is 1. The van der Waals surface area contributed by atoms with Crippen LogP contribution in [0.15, 0.2) is 77.1 Å². The number of amides is 1. The minimum Gasteiger partial charge on any atom is -0.296 e. The van der Waals surface area contributed by atoms with E-state index in [1.165, 1.54) is 23.1 Å². The lowest BCUT2D eigenvalue weighted by molar-refractivity contribution is 0.102. The summed E-state index contributed by atoms with van der Waals surface area (Å²) in [7, 11) is 0. The van der Waals surface area contributed by atoms with Crippen molar-refractivity contribution in [3.05, 3.63) is 94.0 Å². The average molecular weight is 472 g/mol. The van der Waals surface area contributed by atoms with Gasteiger partial charge in [-0.1, -0.05) is 94.8 Å². The van der Waals surface area contributed by atoms with Crippen LogP contribution in [0.1, 0.15) is 15.9 Å². The van der Waals surface area contributed by atoms with Gasteiger partial charge in [0, 0.05) is 21.4 Å². The fourth-order valence-corrected chi connectivity index (χ4v) is 5.02. The third kappa shape index (κ3) is 5.21. The van der Waals surface area contributed by atoms with Crippen LogP contribution in [0, 0.1) is 0 Å². The van der Waals surface area contributed by atoms with E-state index < -0.39 is 0 Å². The van der Waals surface area contributed by atoms with Gasteiger partial charge >= 0.3 is 0 Å². The maximum absolute atomic E-state index is 12.5. The van der Waals surface area contributed by atoms with Crippen molar-refractivity contribution in [2.24, 2.45) is 0 Å². The molecule has 8 heteroatoms. The average Bonchev–Trinajstić information content (AvgIpc) is 3.21. The number of hydrogen-bond acceptors (Lipinski definition) is 5. The van der Waals surface area contributed by atoms with Crippen LogP contribution >= 0.6 is 46.3 Å². The molecule has 0 fully saturated rings. The number of carbonyl (C=O) groups excluding carboxylic acids is 1. The van der Waals surface area contributed by atoms with E-state index in [4.69, 9.17) is 23.2 Å². The minimum absolute atomic E-state index is 0.219. The van der Waals surface area contributed by atoms with Gasteiger partial charge in [-0.3, -0.25) is 10.1 Å². The fraction of sp³-hybridized carbons (Fsp3) is 0.0455. The summed E-state index contributed by atoms with van der Waals surface area (Å²) in [5, 5.41) is 12.7. The predicted molar refractivity (Wildman–Crippen MR) is 126 cm³/mol. The zero-order chi connectivity index (χ0) is 20.9. The van der Waals surface area contributed by atoms with Gasteiger partial charge in [-0.15, -0.1) is 10.2 Å². The topological polar surface area (TPSA) is 54.9 Å². The second-order valence-corrected chi connectivity index (χ2v) is 9.34. The van der Waals surface area contributed by atoms with Crippen molar-refractivity contribution in [2.75, 3.05) is 5.32 Å². The number of thioether (sulfide) groups is 1. The summed E-state index contributed by atoms with van der Waals surface area (Å²) in [5.41, 5.74) is 3.69. The van der Waals surface area contributed by atoms with Crippen LogP contribution in [0.3, 0.4) is 0 Å². The molecular formula is C22H15Cl2N3OS2. The van der Waals surface area contributed by atoms with Crippen molar-refractivity contribution in [1.29, 1.82) is 0 Å². The molecule has 30 heavy (non-hydrogen) atoms. The summed E-state index contributed by atoms with van der Waals surface area (Å²) in [5.74, 6) is 0.419. The van der Waals surface area contributed by atoms with E-state index in [1.807, 2.05) is 48.5 Å². The largest absolute Gasteiger partial charge is 0.296 e. The van der Waals surface area contributed by atoms with E-state index in [2.05, 4.69) is 15.5 Å². The van der Waals surface area contributed by atoms with Crippen LogP contribution in [0.2, 0.25) is 10.0 Å². The van der Waals surface area contributed by atoms with E-state index in [0.29, 0.717) is 26.5 Å². The summed E-state index contributed by atoms with van der Waals surface area (Å²) in [6.07, 6.45) is 0. The van der Waals surface area contributed by atoms with Crippen LogP contribution in [-0.4, -0.2) is 16.1 Å². The molecule has 4 aromatic rings. The monoisotopic (exact) mass is 471 g/mol.